The zero-order valence-electron chi connectivity index (χ0n) is 12.1. The third-order valence-electron chi connectivity index (χ3n) is 3.19. The number of hydrogen-bond donors (Lipinski definition) is 2. The Morgan fingerprint density at radius 2 is 2.09 bits per heavy atom. The number of benzene rings is 1. The number of aryl methyl sites for hydroxylation is 2. The van der Waals surface area contributed by atoms with Gasteiger partial charge in [-0.05, 0) is 48.1 Å². The molecule has 0 aliphatic heterocycles. The molecule has 2 rings (SSSR count). The largest absolute Gasteiger partial charge is 0.478 e. The van der Waals surface area contributed by atoms with Crippen molar-refractivity contribution in [3.8, 4) is 0 Å². The number of carboxylic acids is 1. The first-order valence-electron chi connectivity index (χ1n) is 6.80. The van der Waals surface area contributed by atoms with Crippen molar-refractivity contribution in [2.24, 2.45) is 0 Å². The molecule has 1 aromatic heterocycles. The van der Waals surface area contributed by atoms with E-state index in [9.17, 15) is 13.2 Å². The predicted molar refractivity (Wildman–Crippen MR) is 88.2 cm³/mol. The van der Waals surface area contributed by atoms with Crippen LogP contribution in [0, 0.1) is 0 Å². The van der Waals surface area contributed by atoms with E-state index in [4.69, 9.17) is 5.11 Å². The van der Waals surface area contributed by atoms with Gasteiger partial charge in [-0.3, -0.25) is 4.72 Å². The Morgan fingerprint density at radius 3 is 2.68 bits per heavy atom. The molecule has 0 radical (unpaired) electrons. The Hall–Kier alpha value is -1.86. The fraction of sp³-hybridized carbons (Fsp3) is 0.267. The summed E-state index contributed by atoms with van der Waals surface area (Å²) >= 11 is 1.52. The number of hydrogen-bond acceptors (Lipinski definition) is 4. The topological polar surface area (TPSA) is 83.5 Å². The van der Waals surface area contributed by atoms with Gasteiger partial charge in [0.1, 0.15) is 0 Å². The normalized spacial score (nSPS) is 11.3. The molecule has 5 nitrogen and oxygen atoms in total. The maximum Gasteiger partial charge on any atom is 0.335 e. The van der Waals surface area contributed by atoms with E-state index in [1.807, 2.05) is 24.4 Å². The summed E-state index contributed by atoms with van der Waals surface area (Å²) in [6.07, 6.45) is 0.979. The quantitative estimate of drug-likeness (QED) is 0.812. The van der Waals surface area contributed by atoms with Gasteiger partial charge in [-0.1, -0.05) is 13.0 Å². The third kappa shape index (κ3) is 4.32. The molecule has 2 N–H and O–H groups in total. The third-order valence-corrected chi connectivity index (χ3v) is 5.41. The molecule has 22 heavy (non-hydrogen) atoms. The molecule has 0 fully saturated rings. The SMILES string of the molecule is CCc1cc(NS(=O)(=O)CCc2cccs2)ccc1C(=O)O. The van der Waals surface area contributed by atoms with Crippen LogP contribution in [0.5, 0.6) is 0 Å². The number of rotatable bonds is 7. The number of aromatic carboxylic acids is 1. The summed E-state index contributed by atoms with van der Waals surface area (Å²) in [4.78, 5) is 12.1. The maximum absolute atomic E-state index is 12.1. The van der Waals surface area contributed by atoms with E-state index in [0.717, 1.165) is 4.88 Å². The monoisotopic (exact) mass is 339 g/mol. The molecule has 0 saturated heterocycles. The fourth-order valence-corrected chi connectivity index (χ4v) is 3.99. The van der Waals surface area contributed by atoms with Crippen LogP contribution in [0.1, 0.15) is 27.7 Å². The van der Waals surface area contributed by atoms with Crippen molar-refractivity contribution in [3.05, 3.63) is 51.7 Å². The molecule has 0 bridgehead atoms. The van der Waals surface area contributed by atoms with Crippen LogP contribution in [-0.4, -0.2) is 25.2 Å². The number of anilines is 1. The minimum atomic E-state index is -3.46. The molecule has 2 aromatic rings. The first-order valence-corrected chi connectivity index (χ1v) is 9.33. The van der Waals surface area contributed by atoms with Crippen LogP contribution in [-0.2, 0) is 22.9 Å². The Morgan fingerprint density at radius 1 is 1.32 bits per heavy atom. The number of sulfonamides is 1. The Kier molecular flexibility index (Phi) is 5.20. The summed E-state index contributed by atoms with van der Waals surface area (Å²) in [5.41, 5.74) is 1.20. The van der Waals surface area contributed by atoms with E-state index in [0.29, 0.717) is 24.1 Å². The lowest BCUT2D eigenvalue weighted by atomic mass is 10.0. The highest BCUT2D eigenvalue weighted by Crippen LogP contribution is 2.18. The molecule has 0 atom stereocenters. The summed E-state index contributed by atoms with van der Waals surface area (Å²) in [5.74, 6) is -1.01. The highest BCUT2D eigenvalue weighted by Gasteiger charge is 2.14. The molecule has 1 aromatic carbocycles. The first kappa shape index (κ1) is 16.5. The van der Waals surface area contributed by atoms with Crippen molar-refractivity contribution in [1.29, 1.82) is 0 Å². The van der Waals surface area contributed by atoms with E-state index in [-0.39, 0.29) is 11.3 Å². The molecular weight excluding hydrogens is 322 g/mol. The van der Waals surface area contributed by atoms with Crippen molar-refractivity contribution in [1.82, 2.24) is 0 Å². The van der Waals surface area contributed by atoms with Gasteiger partial charge in [0, 0.05) is 10.6 Å². The molecular formula is C15H17NO4S2. The summed E-state index contributed by atoms with van der Waals surface area (Å²) in [7, 11) is -3.46. The van der Waals surface area contributed by atoms with Gasteiger partial charge in [0.25, 0.3) is 0 Å². The van der Waals surface area contributed by atoms with Gasteiger partial charge in [0.2, 0.25) is 10.0 Å². The van der Waals surface area contributed by atoms with Crippen molar-refractivity contribution in [2.75, 3.05) is 10.5 Å². The summed E-state index contributed by atoms with van der Waals surface area (Å²) < 4.78 is 26.7. The molecule has 0 spiro atoms. The molecule has 7 heteroatoms. The smallest absolute Gasteiger partial charge is 0.335 e. The van der Waals surface area contributed by atoms with E-state index in [1.165, 1.54) is 23.5 Å². The number of thiophene rings is 1. The maximum atomic E-state index is 12.1. The molecule has 0 amide bonds. The minimum absolute atomic E-state index is 0.00431. The number of nitrogens with one attached hydrogen (secondary N) is 1. The lowest BCUT2D eigenvalue weighted by Crippen LogP contribution is -2.18. The predicted octanol–water partition coefficient (Wildman–Crippen LogP) is 2.99. The van der Waals surface area contributed by atoms with Crippen LogP contribution < -0.4 is 4.72 Å². The van der Waals surface area contributed by atoms with Gasteiger partial charge < -0.3 is 5.11 Å². The molecule has 0 unspecified atom stereocenters. The van der Waals surface area contributed by atoms with E-state index in [2.05, 4.69) is 4.72 Å². The lowest BCUT2D eigenvalue weighted by Gasteiger charge is -2.10. The highest BCUT2D eigenvalue weighted by molar-refractivity contribution is 7.92. The van der Waals surface area contributed by atoms with Crippen molar-refractivity contribution in [2.45, 2.75) is 19.8 Å². The average molecular weight is 339 g/mol. The minimum Gasteiger partial charge on any atom is -0.478 e. The second-order valence-corrected chi connectivity index (χ2v) is 7.66. The zero-order chi connectivity index (χ0) is 16.2. The van der Waals surface area contributed by atoms with E-state index >= 15 is 0 Å². The van der Waals surface area contributed by atoms with Crippen LogP contribution in [0.4, 0.5) is 5.69 Å². The molecule has 0 saturated carbocycles. The average Bonchev–Trinajstić information content (AvgIpc) is 2.97. The zero-order valence-corrected chi connectivity index (χ0v) is 13.7. The Labute approximate surface area is 133 Å². The second kappa shape index (κ2) is 6.93. The van der Waals surface area contributed by atoms with Gasteiger partial charge in [-0.25, -0.2) is 13.2 Å². The van der Waals surface area contributed by atoms with E-state index < -0.39 is 16.0 Å². The fourth-order valence-electron chi connectivity index (χ4n) is 2.08. The lowest BCUT2D eigenvalue weighted by molar-refractivity contribution is 0.0696. The molecule has 0 aliphatic carbocycles. The van der Waals surface area contributed by atoms with Gasteiger partial charge >= 0.3 is 5.97 Å². The van der Waals surface area contributed by atoms with Crippen molar-refractivity contribution >= 4 is 33.0 Å². The number of carbonyl (C=O) groups is 1. The van der Waals surface area contributed by atoms with Gasteiger partial charge in [-0.2, -0.15) is 0 Å². The van der Waals surface area contributed by atoms with Gasteiger partial charge in [0.05, 0.1) is 11.3 Å². The molecule has 118 valence electrons. The Balaban J connectivity index is 2.10. The standard InChI is InChI=1S/C15H17NO4S2/c1-2-11-10-12(5-6-14(11)15(17)18)16-22(19,20)9-7-13-4-3-8-21-13/h3-6,8,10,16H,2,7,9H2,1H3,(H,17,18). The molecule has 1 heterocycles. The second-order valence-electron chi connectivity index (χ2n) is 4.78. The Bertz CT molecular complexity index is 752. The van der Waals surface area contributed by atoms with Crippen LogP contribution in [0.2, 0.25) is 0 Å². The van der Waals surface area contributed by atoms with Gasteiger partial charge in [-0.15, -0.1) is 11.3 Å². The highest BCUT2D eigenvalue weighted by atomic mass is 32.2. The number of carboxylic acid groups (broad SMARTS) is 1. The summed E-state index contributed by atoms with van der Waals surface area (Å²) in [6, 6.07) is 8.27. The van der Waals surface area contributed by atoms with Crippen molar-refractivity contribution < 1.29 is 18.3 Å². The van der Waals surface area contributed by atoms with Crippen LogP contribution >= 0.6 is 11.3 Å². The van der Waals surface area contributed by atoms with Gasteiger partial charge in [0.15, 0.2) is 0 Å². The van der Waals surface area contributed by atoms with Crippen molar-refractivity contribution in [3.63, 3.8) is 0 Å². The molecule has 0 aliphatic rings. The van der Waals surface area contributed by atoms with Crippen LogP contribution in [0.3, 0.4) is 0 Å². The van der Waals surface area contributed by atoms with E-state index in [1.54, 1.807) is 6.07 Å². The summed E-state index contributed by atoms with van der Waals surface area (Å²) in [5, 5.41) is 11.0. The van der Waals surface area contributed by atoms with Crippen LogP contribution in [0.25, 0.3) is 0 Å². The van der Waals surface area contributed by atoms with Crippen LogP contribution in [0.15, 0.2) is 35.7 Å². The first-order chi connectivity index (χ1) is 10.4. The summed E-state index contributed by atoms with van der Waals surface area (Å²) in [6.45, 7) is 1.83.